The average Bonchev–Trinajstić information content (AvgIpc) is 3.15. The van der Waals surface area contributed by atoms with Crippen LogP contribution in [0.4, 0.5) is 4.79 Å². The molecule has 1 saturated carbocycles. The van der Waals surface area contributed by atoms with Gasteiger partial charge in [0.2, 0.25) is 0 Å². The summed E-state index contributed by atoms with van der Waals surface area (Å²) in [4.78, 5) is 28.8. The van der Waals surface area contributed by atoms with Crippen molar-refractivity contribution in [3.63, 3.8) is 0 Å². The zero-order valence-electron chi connectivity index (χ0n) is 11.4. The van der Waals surface area contributed by atoms with Crippen molar-refractivity contribution in [3.8, 4) is 0 Å². The highest BCUT2D eigenvalue weighted by molar-refractivity contribution is 7.12. The molecule has 0 atom stereocenters. The highest BCUT2D eigenvalue weighted by Crippen LogP contribution is 2.19. The predicted octanol–water partition coefficient (Wildman–Crippen LogP) is 1.77. The van der Waals surface area contributed by atoms with Gasteiger partial charge >= 0.3 is 6.03 Å². The number of nitrogens with zero attached hydrogens (tertiary/aromatic N) is 2. The van der Waals surface area contributed by atoms with Crippen LogP contribution in [0.2, 0.25) is 0 Å². The van der Waals surface area contributed by atoms with Crippen LogP contribution in [0.5, 0.6) is 0 Å². The molecule has 1 aliphatic heterocycles. The van der Waals surface area contributed by atoms with Crippen LogP contribution in [0.3, 0.4) is 0 Å². The molecule has 3 rings (SSSR count). The first-order valence-electron chi connectivity index (χ1n) is 7.12. The van der Waals surface area contributed by atoms with E-state index in [1.807, 2.05) is 27.3 Å². The molecule has 0 bridgehead atoms. The van der Waals surface area contributed by atoms with Crippen molar-refractivity contribution in [2.24, 2.45) is 0 Å². The summed E-state index contributed by atoms with van der Waals surface area (Å²) in [6, 6.07) is 4.16. The third-order valence-electron chi connectivity index (χ3n) is 3.71. The van der Waals surface area contributed by atoms with E-state index < -0.39 is 0 Å². The lowest BCUT2D eigenvalue weighted by Crippen LogP contribution is -2.43. The molecule has 0 radical (unpaired) electrons. The zero-order chi connectivity index (χ0) is 13.9. The molecule has 2 fully saturated rings. The Kier molecular flexibility index (Phi) is 3.91. The van der Waals surface area contributed by atoms with E-state index in [2.05, 4.69) is 5.32 Å². The summed E-state index contributed by atoms with van der Waals surface area (Å²) in [6.45, 7) is 2.70. The molecule has 0 aromatic carbocycles. The minimum Gasteiger partial charge on any atom is -0.336 e. The van der Waals surface area contributed by atoms with Crippen molar-refractivity contribution in [3.05, 3.63) is 22.4 Å². The monoisotopic (exact) mass is 293 g/mol. The summed E-state index contributed by atoms with van der Waals surface area (Å²) in [6.07, 6.45) is 3.04. The first kappa shape index (κ1) is 13.4. The Bertz CT molecular complexity index is 485. The summed E-state index contributed by atoms with van der Waals surface area (Å²) in [5, 5.41) is 4.93. The molecule has 1 aliphatic carbocycles. The van der Waals surface area contributed by atoms with Gasteiger partial charge in [-0.1, -0.05) is 6.07 Å². The van der Waals surface area contributed by atoms with Crippen LogP contribution in [0.25, 0.3) is 0 Å². The summed E-state index contributed by atoms with van der Waals surface area (Å²) in [7, 11) is 0. The Labute approximate surface area is 122 Å². The number of urea groups is 1. The van der Waals surface area contributed by atoms with E-state index in [0.717, 1.165) is 37.2 Å². The van der Waals surface area contributed by atoms with E-state index in [0.29, 0.717) is 19.1 Å². The van der Waals surface area contributed by atoms with Crippen molar-refractivity contribution in [2.45, 2.75) is 25.3 Å². The molecule has 0 unspecified atom stereocenters. The van der Waals surface area contributed by atoms with Gasteiger partial charge in [0.05, 0.1) is 4.88 Å². The molecule has 108 valence electrons. The van der Waals surface area contributed by atoms with Gasteiger partial charge in [-0.25, -0.2) is 4.79 Å². The molecule has 2 aliphatic rings. The van der Waals surface area contributed by atoms with E-state index >= 15 is 0 Å². The molecule has 1 saturated heterocycles. The normalized spacial score (nSPS) is 19.6. The molecule has 3 amide bonds. The number of hydrogen-bond donors (Lipinski definition) is 1. The third kappa shape index (κ3) is 3.12. The first-order valence-corrected chi connectivity index (χ1v) is 8.00. The number of thiophene rings is 1. The number of rotatable bonds is 2. The molecule has 6 heteroatoms. The second-order valence-electron chi connectivity index (χ2n) is 5.33. The van der Waals surface area contributed by atoms with Gasteiger partial charge in [0.15, 0.2) is 0 Å². The van der Waals surface area contributed by atoms with Crippen molar-refractivity contribution in [1.29, 1.82) is 0 Å². The second kappa shape index (κ2) is 5.83. The van der Waals surface area contributed by atoms with Gasteiger partial charge in [-0.3, -0.25) is 4.79 Å². The van der Waals surface area contributed by atoms with Crippen molar-refractivity contribution >= 4 is 23.3 Å². The fourth-order valence-electron chi connectivity index (χ4n) is 2.37. The zero-order valence-corrected chi connectivity index (χ0v) is 12.2. The largest absolute Gasteiger partial charge is 0.336 e. The maximum Gasteiger partial charge on any atom is 0.317 e. The van der Waals surface area contributed by atoms with E-state index in [1.165, 1.54) is 11.3 Å². The molecule has 1 N–H and O–H groups in total. The summed E-state index contributed by atoms with van der Waals surface area (Å²) in [5.41, 5.74) is 0. The summed E-state index contributed by atoms with van der Waals surface area (Å²) >= 11 is 1.47. The fourth-order valence-corrected chi connectivity index (χ4v) is 3.06. The topological polar surface area (TPSA) is 52.7 Å². The maximum atomic E-state index is 12.3. The molecular weight excluding hydrogens is 274 g/mol. The third-order valence-corrected chi connectivity index (χ3v) is 4.57. The number of hydrogen-bond acceptors (Lipinski definition) is 3. The summed E-state index contributed by atoms with van der Waals surface area (Å²) in [5.74, 6) is 0.0875. The smallest absolute Gasteiger partial charge is 0.317 e. The number of amides is 3. The lowest BCUT2D eigenvalue weighted by molar-refractivity contribution is 0.0767. The van der Waals surface area contributed by atoms with Gasteiger partial charge in [0, 0.05) is 32.2 Å². The van der Waals surface area contributed by atoms with Gasteiger partial charge in [-0.2, -0.15) is 0 Å². The number of carbonyl (C=O) groups is 2. The van der Waals surface area contributed by atoms with Crippen LogP contribution in [0.1, 0.15) is 28.9 Å². The Morgan fingerprint density at radius 1 is 1.15 bits per heavy atom. The molecule has 0 spiro atoms. The molecule has 1 aromatic rings. The van der Waals surface area contributed by atoms with Crippen molar-refractivity contribution in [2.75, 3.05) is 26.2 Å². The van der Waals surface area contributed by atoms with Crippen LogP contribution in [0, 0.1) is 0 Å². The van der Waals surface area contributed by atoms with E-state index in [9.17, 15) is 9.59 Å². The molecular formula is C14H19N3O2S. The predicted molar refractivity (Wildman–Crippen MR) is 78.0 cm³/mol. The highest BCUT2D eigenvalue weighted by atomic mass is 32.1. The Morgan fingerprint density at radius 2 is 1.90 bits per heavy atom. The van der Waals surface area contributed by atoms with Gasteiger partial charge in [-0.05, 0) is 30.7 Å². The van der Waals surface area contributed by atoms with Crippen molar-refractivity contribution in [1.82, 2.24) is 15.1 Å². The van der Waals surface area contributed by atoms with Crippen LogP contribution >= 0.6 is 11.3 Å². The van der Waals surface area contributed by atoms with Crippen LogP contribution in [-0.2, 0) is 0 Å². The SMILES string of the molecule is O=C(NC1CC1)N1CCCN(C(=O)c2cccs2)CC1. The van der Waals surface area contributed by atoms with Crippen molar-refractivity contribution < 1.29 is 9.59 Å². The van der Waals surface area contributed by atoms with Crippen LogP contribution < -0.4 is 5.32 Å². The van der Waals surface area contributed by atoms with Gasteiger partial charge < -0.3 is 15.1 Å². The molecule has 5 nitrogen and oxygen atoms in total. The lowest BCUT2D eigenvalue weighted by atomic mass is 10.3. The van der Waals surface area contributed by atoms with Crippen LogP contribution in [-0.4, -0.2) is 54.0 Å². The Balaban J connectivity index is 1.56. The van der Waals surface area contributed by atoms with E-state index in [1.54, 1.807) is 0 Å². The minimum absolute atomic E-state index is 0.0259. The standard InChI is InChI=1S/C14H19N3O2S/c18-13(12-3-1-10-20-12)16-6-2-7-17(9-8-16)14(19)15-11-4-5-11/h1,3,10-11H,2,4-9H2,(H,15,19). The van der Waals surface area contributed by atoms with Gasteiger partial charge in [0.1, 0.15) is 0 Å². The molecule has 20 heavy (non-hydrogen) atoms. The lowest BCUT2D eigenvalue weighted by Gasteiger charge is -2.22. The number of nitrogens with one attached hydrogen (secondary N) is 1. The maximum absolute atomic E-state index is 12.3. The van der Waals surface area contributed by atoms with Crippen LogP contribution in [0.15, 0.2) is 17.5 Å². The summed E-state index contributed by atoms with van der Waals surface area (Å²) < 4.78 is 0. The molecule has 2 heterocycles. The quantitative estimate of drug-likeness (QED) is 0.903. The Morgan fingerprint density at radius 3 is 2.60 bits per heavy atom. The van der Waals surface area contributed by atoms with E-state index in [4.69, 9.17) is 0 Å². The second-order valence-corrected chi connectivity index (χ2v) is 6.28. The highest BCUT2D eigenvalue weighted by Gasteiger charge is 2.27. The fraction of sp³-hybridized carbons (Fsp3) is 0.571. The van der Waals surface area contributed by atoms with E-state index in [-0.39, 0.29) is 11.9 Å². The number of carbonyl (C=O) groups excluding carboxylic acids is 2. The van der Waals surface area contributed by atoms with Gasteiger partial charge in [0.25, 0.3) is 5.91 Å². The minimum atomic E-state index is 0.0259. The average molecular weight is 293 g/mol. The first-order chi connectivity index (χ1) is 9.74. The Hall–Kier alpha value is -1.56. The van der Waals surface area contributed by atoms with Gasteiger partial charge in [-0.15, -0.1) is 11.3 Å². The molecule has 1 aromatic heterocycles.